The molecule has 0 aromatic carbocycles. The molecule has 0 fully saturated rings. The highest BCUT2D eigenvalue weighted by Gasteiger charge is 2.35. The molecule has 19 heavy (non-hydrogen) atoms. The van der Waals surface area contributed by atoms with Crippen molar-refractivity contribution in [3.05, 3.63) is 0 Å². The lowest BCUT2D eigenvalue weighted by atomic mass is 9.86. The number of nitrogens with one attached hydrogen (secondary N) is 2. The van der Waals surface area contributed by atoms with Crippen molar-refractivity contribution >= 4 is 17.9 Å². The second kappa shape index (κ2) is 6.40. The lowest BCUT2D eigenvalue weighted by Crippen LogP contribution is -2.57. The van der Waals surface area contributed by atoms with E-state index in [1.165, 1.54) is 0 Å². The summed E-state index contributed by atoms with van der Waals surface area (Å²) in [4.78, 5) is 34.1. The fraction of sp³-hybridized carbons (Fsp3) is 0.750. The minimum absolute atomic E-state index is 0.207. The van der Waals surface area contributed by atoms with Crippen molar-refractivity contribution in [2.45, 2.75) is 46.7 Å². The van der Waals surface area contributed by atoms with Crippen LogP contribution in [0.3, 0.4) is 0 Å². The van der Waals surface area contributed by atoms with E-state index in [1.54, 1.807) is 34.6 Å². The summed E-state index contributed by atoms with van der Waals surface area (Å²) in [6.07, 6.45) is 0. The van der Waals surface area contributed by atoms with E-state index in [0.29, 0.717) is 0 Å². The Labute approximate surface area is 112 Å². The summed E-state index contributed by atoms with van der Waals surface area (Å²) in [5.74, 6) is -1.89. The van der Waals surface area contributed by atoms with Gasteiger partial charge in [0.1, 0.15) is 12.1 Å². The van der Waals surface area contributed by atoms with E-state index in [9.17, 15) is 14.4 Å². The molecule has 5 N–H and O–H groups in total. The molecule has 2 unspecified atom stereocenters. The average Bonchev–Trinajstić information content (AvgIpc) is 2.19. The summed E-state index contributed by atoms with van der Waals surface area (Å²) in [7, 11) is 0. The number of carboxylic acid groups (broad SMARTS) is 1. The topological polar surface area (TPSA) is 122 Å². The minimum atomic E-state index is -1.12. The molecule has 0 aromatic rings. The predicted octanol–water partition coefficient (Wildman–Crippen LogP) is 0.295. The monoisotopic (exact) mass is 273 g/mol. The first kappa shape index (κ1) is 17.2. The standard InChI is InChI=1S/C12H23N3O4/c1-6(2)7(14-11(13)19)9(16)15-8(10(17)18)12(3,4)5/h6-8H,1-5H3,(H,15,16)(H,17,18)(H3,13,14,19). The van der Waals surface area contributed by atoms with Gasteiger partial charge in [0, 0.05) is 0 Å². The number of hydrogen-bond donors (Lipinski definition) is 4. The van der Waals surface area contributed by atoms with Gasteiger partial charge in [0.05, 0.1) is 0 Å². The van der Waals surface area contributed by atoms with Crippen LogP contribution in [0.1, 0.15) is 34.6 Å². The molecule has 0 saturated heterocycles. The molecule has 7 nitrogen and oxygen atoms in total. The Morgan fingerprint density at radius 1 is 1.11 bits per heavy atom. The number of hydrogen-bond acceptors (Lipinski definition) is 3. The molecule has 0 aliphatic rings. The molecule has 0 bridgehead atoms. The summed E-state index contributed by atoms with van der Waals surface area (Å²) in [6.45, 7) is 8.58. The second-order valence-electron chi connectivity index (χ2n) is 5.88. The molecule has 0 aromatic heterocycles. The van der Waals surface area contributed by atoms with Crippen LogP contribution in [0.2, 0.25) is 0 Å². The number of carbonyl (C=O) groups is 3. The lowest BCUT2D eigenvalue weighted by Gasteiger charge is -2.30. The van der Waals surface area contributed by atoms with Crippen molar-refractivity contribution in [1.29, 1.82) is 0 Å². The zero-order valence-electron chi connectivity index (χ0n) is 12.0. The van der Waals surface area contributed by atoms with Gasteiger partial charge in [0.15, 0.2) is 0 Å². The van der Waals surface area contributed by atoms with Gasteiger partial charge in [0.25, 0.3) is 0 Å². The molecule has 0 spiro atoms. The van der Waals surface area contributed by atoms with Crippen molar-refractivity contribution in [3.63, 3.8) is 0 Å². The quantitative estimate of drug-likeness (QED) is 0.575. The van der Waals surface area contributed by atoms with Crippen molar-refractivity contribution in [2.75, 3.05) is 0 Å². The predicted molar refractivity (Wildman–Crippen MR) is 70.4 cm³/mol. The van der Waals surface area contributed by atoms with Crippen LogP contribution in [0.5, 0.6) is 0 Å². The van der Waals surface area contributed by atoms with Gasteiger partial charge in [-0.05, 0) is 11.3 Å². The molecule has 3 amide bonds. The Morgan fingerprint density at radius 2 is 1.58 bits per heavy atom. The molecule has 2 atom stereocenters. The number of rotatable bonds is 5. The number of carboxylic acids is 1. The average molecular weight is 273 g/mol. The highest BCUT2D eigenvalue weighted by molar-refractivity contribution is 5.90. The highest BCUT2D eigenvalue weighted by Crippen LogP contribution is 2.19. The maximum atomic E-state index is 12.0. The van der Waals surface area contributed by atoms with Gasteiger partial charge in [0.2, 0.25) is 5.91 Å². The van der Waals surface area contributed by atoms with E-state index >= 15 is 0 Å². The number of carbonyl (C=O) groups excluding carboxylic acids is 2. The van der Waals surface area contributed by atoms with Crippen LogP contribution in [0.4, 0.5) is 4.79 Å². The molecule has 110 valence electrons. The lowest BCUT2D eigenvalue weighted by molar-refractivity contribution is -0.145. The van der Waals surface area contributed by atoms with E-state index < -0.39 is 35.4 Å². The first-order chi connectivity index (χ1) is 8.46. The molecule has 0 rings (SSSR count). The summed E-state index contributed by atoms with van der Waals surface area (Å²) in [5.41, 5.74) is 4.36. The molecule has 0 saturated carbocycles. The van der Waals surface area contributed by atoms with Crippen LogP contribution in [-0.4, -0.2) is 35.1 Å². The number of primary amides is 1. The van der Waals surface area contributed by atoms with E-state index in [2.05, 4.69) is 10.6 Å². The highest BCUT2D eigenvalue weighted by atomic mass is 16.4. The van der Waals surface area contributed by atoms with Gasteiger partial charge in [-0.15, -0.1) is 0 Å². The van der Waals surface area contributed by atoms with E-state index in [0.717, 1.165) is 0 Å². The van der Waals surface area contributed by atoms with Gasteiger partial charge in [-0.1, -0.05) is 34.6 Å². The maximum Gasteiger partial charge on any atom is 0.326 e. The van der Waals surface area contributed by atoms with Crippen molar-refractivity contribution < 1.29 is 19.5 Å². The first-order valence-electron chi connectivity index (χ1n) is 6.06. The number of urea groups is 1. The summed E-state index contributed by atoms with van der Waals surface area (Å²) < 4.78 is 0. The molecular formula is C12H23N3O4. The molecular weight excluding hydrogens is 250 g/mol. The Balaban J connectivity index is 4.97. The Morgan fingerprint density at radius 3 is 1.84 bits per heavy atom. The molecule has 0 aliphatic heterocycles. The third-order valence-electron chi connectivity index (χ3n) is 2.65. The van der Waals surface area contributed by atoms with Gasteiger partial charge in [-0.2, -0.15) is 0 Å². The maximum absolute atomic E-state index is 12.0. The normalized spacial score (nSPS) is 14.6. The number of aliphatic carboxylic acids is 1. The Bertz CT molecular complexity index is 360. The van der Waals surface area contributed by atoms with Gasteiger partial charge in [-0.3, -0.25) is 4.79 Å². The summed E-state index contributed by atoms with van der Waals surface area (Å²) >= 11 is 0. The fourth-order valence-corrected chi connectivity index (χ4v) is 1.57. The molecule has 0 radical (unpaired) electrons. The first-order valence-corrected chi connectivity index (χ1v) is 6.06. The molecule has 0 heterocycles. The summed E-state index contributed by atoms with van der Waals surface area (Å²) in [6, 6.07) is -2.73. The zero-order valence-corrected chi connectivity index (χ0v) is 12.0. The van der Waals surface area contributed by atoms with Gasteiger partial charge in [-0.25, -0.2) is 9.59 Å². The summed E-state index contributed by atoms with van der Waals surface area (Å²) in [5, 5.41) is 13.9. The zero-order chi connectivity index (χ0) is 15.4. The van der Waals surface area contributed by atoms with E-state index in [1.807, 2.05) is 0 Å². The van der Waals surface area contributed by atoms with Gasteiger partial charge < -0.3 is 21.5 Å². The van der Waals surface area contributed by atoms with Crippen molar-refractivity contribution in [2.24, 2.45) is 17.1 Å². The third-order valence-corrected chi connectivity index (χ3v) is 2.65. The molecule has 0 aliphatic carbocycles. The van der Waals surface area contributed by atoms with Crippen molar-refractivity contribution in [3.8, 4) is 0 Å². The Hall–Kier alpha value is -1.79. The van der Waals surface area contributed by atoms with Crippen LogP contribution in [0.25, 0.3) is 0 Å². The molecule has 7 heteroatoms. The van der Waals surface area contributed by atoms with Crippen LogP contribution in [0.15, 0.2) is 0 Å². The smallest absolute Gasteiger partial charge is 0.326 e. The van der Waals surface area contributed by atoms with Crippen LogP contribution < -0.4 is 16.4 Å². The number of amides is 3. The van der Waals surface area contributed by atoms with Crippen LogP contribution in [-0.2, 0) is 9.59 Å². The third kappa shape index (κ3) is 5.58. The van der Waals surface area contributed by atoms with E-state index in [4.69, 9.17) is 10.8 Å². The van der Waals surface area contributed by atoms with Crippen LogP contribution >= 0.6 is 0 Å². The van der Waals surface area contributed by atoms with E-state index in [-0.39, 0.29) is 5.92 Å². The Kier molecular flexibility index (Phi) is 5.80. The van der Waals surface area contributed by atoms with Crippen molar-refractivity contribution in [1.82, 2.24) is 10.6 Å². The minimum Gasteiger partial charge on any atom is -0.480 e. The second-order valence-corrected chi connectivity index (χ2v) is 5.88. The largest absolute Gasteiger partial charge is 0.480 e. The van der Waals surface area contributed by atoms with Crippen LogP contribution in [0, 0.1) is 11.3 Å². The number of nitrogens with two attached hydrogens (primary N) is 1. The SMILES string of the molecule is CC(C)C(NC(N)=O)C(=O)NC(C(=O)O)C(C)(C)C. The van der Waals surface area contributed by atoms with Gasteiger partial charge >= 0.3 is 12.0 Å². The fourth-order valence-electron chi connectivity index (χ4n) is 1.57.